The molecular formula is C11H21NS. The number of nitrogens with two attached hydrogens (primary N) is 1. The van der Waals surface area contributed by atoms with Crippen molar-refractivity contribution in [3.05, 3.63) is 0 Å². The quantitative estimate of drug-likeness (QED) is 0.753. The van der Waals surface area contributed by atoms with Crippen LogP contribution in [0.25, 0.3) is 0 Å². The zero-order valence-electron chi connectivity index (χ0n) is 8.37. The Morgan fingerprint density at radius 3 is 2.62 bits per heavy atom. The van der Waals surface area contributed by atoms with Crippen molar-refractivity contribution in [2.24, 2.45) is 23.5 Å². The van der Waals surface area contributed by atoms with E-state index in [0.717, 1.165) is 24.3 Å². The lowest BCUT2D eigenvalue weighted by atomic mass is 9.95. The molecule has 0 aromatic carbocycles. The van der Waals surface area contributed by atoms with E-state index in [1.165, 1.54) is 43.6 Å². The van der Waals surface area contributed by atoms with E-state index in [1.54, 1.807) is 0 Å². The fourth-order valence-corrected chi connectivity index (χ4v) is 3.78. The van der Waals surface area contributed by atoms with Gasteiger partial charge in [-0.3, -0.25) is 0 Å². The molecule has 1 aliphatic heterocycles. The van der Waals surface area contributed by atoms with Crippen LogP contribution in [0.2, 0.25) is 0 Å². The molecule has 0 aromatic heterocycles. The third-order valence-corrected chi connectivity index (χ3v) is 4.63. The predicted molar refractivity (Wildman–Crippen MR) is 59.9 cm³/mol. The van der Waals surface area contributed by atoms with Gasteiger partial charge in [-0.15, -0.1) is 0 Å². The first-order chi connectivity index (χ1) is 6.40. The van der Waals surface area contributed by atoms with Crippen LogP contribution in [0.4, 0.5) is 0 Å². The molecule has 0 aromatic rings. The van der Waals surface area contributed by atoms with Crippen LogP contribution in [0.3, 0.4) is 0 Å². The molecule has 2 atom stereocenters. The van der Waals surface area contributed by atoms with Crippen LogP contribution in [0, 0.1) is 17.8 Å². The minimum atomic E-state index is 0.904. The molecule has 2 heteroatoms. The van der Waals surface area contributed by atoms with Crippen LogP contribution in [0.15, 0.2) is 0 Å². The highest BCUT2D eigenvalue weighted by atomic mass is 32.2. The molecule has 76 valence electrons. The zero-order chi connectivity index (χ0) is 9.10. The van der Waals surface area contributed by atoms with Crippen LogP contribution in [-0.2, 0) is 0 Å². The van der Waals surface area contributed by atoms with Crippen LogP contribution in [0.5, 0.6) is 0 Å². The van der Waals surface area contributed by atoms with Crippen molar-refractivity contribution in [3.63, 3.8) is 0 Å². The molecule has 2 N–H and O–H groups in total. The van der Waals surface area contributed by atoms with Gasteiger partial charge in [0.2, 0.25) is 0 Å². The Bertz CT molecular complexity index is 154. The first-order valence-corrected chi connectivity index (χ1v) is 6.83. The third kappa shape index (κ3) is 2.88. The van der Waals surface area contributed by atoms with Gasteiger partial charge < -0.3 is 5.73 Å². The van der Waals surface area contributed by atoms with Crippen molar-refractivity contribution in [1.82, 2.24) is 0 Å². The van der Waals surface area contributed by atoms with E-state index < -0.39 is 0 Å². The second-order valence-corrected chi connectivity index (χ2v) is 5.85. The zero-order valence-corrected chi connectivity index (χ0v) is 9.19. The van der Waals surface area contributed by atoms with Gasteiger partial charge in [0.05, 0.1) is 0 Å². The summed E-state index contributed by atoms with van der Waals surface area (Å²) in [6, 6.07) is 0. The van der Waals surface area contributed by atoms with Crippen LogP contribution in [-0.4, -0.2) is 18.1 Å². The monoisotopic (exact) mass is 199 g/mol. The number of rotatable bonds is 4. The number of thioether (sulfide) groups is 1. The number of hydrogen-bond donors (Lipinski definition) is 1. The highest BCUT2D eigenvalue weighted by Crippen LogP contribution is 2.46. The number of hydrogen-bond acceptors (Lipinski definition) is 2. The molecule has 0 amide bonds. The van der Waals surface area contributed by atoms with E-state index in [-0.39, 0.29) is 0 Å². The van der Waals surface area contributed by atoms with E-state index in [4.69, 9.17) is 5.73 Å². The van der Waals surface area contributed by atoms with Crippen molar-refractivity contribution >= 4 is 11.8 Å². The standard InChI is InChI=1S/C11H21NS/c12-4-1-10-8-11(10)7-9-2-5-13-6-3-9/h9-11H,1-8,12H2. The fourth-order valence-electron chi connectivity index (χ4n) is 2.58. The Kier molecular flexibility index (Phi) is 3.56. The molecule has 1 saturated carbocycles. The Morgan fingerprint density at radius 1 is 1.15 bits per heavy atom. The summed E-state index contributed by atoms with van der Waals surface area (Å²) in [6.07, 6.45) is 7.26. The summed E-state index contributed by atoms with van der Waals surface area (Å²) in [5, 5.41) is 0. The largest absolute Gasteiger partial charge is 0.330 e. The molecule has 0 radical (unpaired) electrons. The summed E-state index contributed by atoms with van der Waals surface area (Å²) >= 11 is 2.14. The second-order valence-electron chi connectivity index (χ2n) is 4.62. The first kappa shape index (κ1) is 9.85. The van der Waals surface area contributed by atoms with Crippen LogP contribution in [0.1, 0.15) is 32.1 Å². The van der Waals surface area contributed by atoms with Gasteiger partial charge in [-0.2, -0.15) is 11.8 Å². The first-order valence-electron chi connectivity index (χ1n) is 5.68. The van der Waals surface area contributed by atoms with Gasteiger partial charge in [0, 0.05) is 0 Å². The minimum Gasteiger partial charge on any atom is -0.330 e. The van der Waals surface area contributed by atoms with Crippen molar-refractivity contribution in [2.75, 3.05) is 18.1 Å². The van der Waals surface area contributed by atoms with Gasteiger partial charge in [-0.1, -0.05) is 0 Å². The second kappa shape index (κ2) is 4.70. The lowest BCUT2D eigenvalue weighted by molar-refractivity contribution is 0.412. The minimum absolute atomic E-state index is 0.904. The van der Waals surface area contributed by atoms with Crippen molar-refractivity contribution in [2.45, 2.75) is 32.1 Å². The highest BCUT2D eigenvalue weighted by molar-refractivity contribution is 7.99. The van der Waals surface area contributed by atoms with E-state index in [1.807, 2.05) is 0 Å². The summed E-state index contributed by atoms with van der Waals surface area (Å²) < 4.78 is 0. The third-order valence-electron chi connectivity index (χ3n) is 3.58. The van der Waals surface area contributed by atoms with Gasteiger partial charge in [-0.05, 0) is 67.9 Å². The van der Waals surface area contributed by atoms with Crippen LogP contribution >= 0.6 is 11.8 Å². The summed E-state index contributed by atoms with van der Waals surface area (Å²) in [6.45, 7) is 0.904. The molecule has 2 aliphatic rings. The lowest BCUT2D eigenvalue weighted by Crippen LogP contribution is -2.10. The topological polar surface area (TPSA) is 26.0 Å². The maximum Gasteiger partial charge on any atom is -0.00649 e. The molecule has 2 fully saturated rings. The van der Waals surface area contributed by atoms with E-state index >= 15 is 0 Å². The summed E-state index contributed by atoms with van der Waals surface area (Å²) in [5.74, 6) is 5.97. The molecule has 13 heavy (non-hydrogen) atoms. The molecule has 0 spiro atoms. The SMILES string of the molecule is NCCC1CC1CC1CCSCC1. The maximum atomic E-state index is 5.56. The van der Waals surface area contributed by atoms with Gasteiger partial charge in [-0.25, -0.2) is 0 Å². The van der Waals surface area contributed by atoms with Gasteiger partial charge in [0.1, 0.15) is 0 Å². The molecule has 1 nitrogen and oxygen atoms in total. The average molecular weight is 199 g/mol. The normalized spacial score (nSPS) is 34.8. The van der Waals surface area contributed by atoms with Gasteiger partial charge in [0.25, 0.3) is 0 Å². The fraction of sp³-hybridized carbons (Fsp3) is 1.00. The molecule has 1 heterocycles. The van der Waals surface area contributed by atoms with Gasteiger partial charge >= 0.3 is 0 Å². The summed E-state index contributed by atoms with van der Waals surface area (Å²) in [5.41, 5.74) is 5.56. The average Bonchev–Trinajstić information content (AvgIpc) is 2.86. The van der Waals surface area contributed by atoms with E-state index in [9.17, 15) is 0 Å². The molecule has 1 aliphatic carbocycles. The van der Waals surface area contributed by atoms with Crippen molar-refractivity contribution < 1.29 is 0 Å². The Morgan fingerprint density at radius 2 is 1.92 bits per heavy atom. The van der Waals surface area contributed by atoms with E-state index in [0.29, 0.717) is 0 Å². The van der Waals surface area contributed by atoms with Crippen molar-refractivity contribution in [1.29, 1.82) is 0 Å². The molecule has 0 bridgehead atoms. The Labute approximate surface area is 85.8 Å². The van der Waals surface area contributed by atoms with Crippen LogP contribution < -0.4 is 5.73 Å². The van der Waals surface area contributed by atoms with Crippen molar-refractivity contribution in [3.8, 4) is 0 Å². The summed E-state index contributed by atoms with van der Waals surface area (Å²) in [7, 11) is 0. The molecule has 1 saturated heterocycles. The molecule has 2 rings (SSSR count). The smallest absolute Gasteiger partial charge is 0.00649 e. The summed E-state index contributed by atoms with van der Waals surface area (Å²) in [4.78, 5) is 0. The molecular weight excluding hydrogens is 178 g/mol. The van der Waals surface area contributed by atoms with E-state index in [2.05, 4.69) is 11.8 Å². The highest BCUT2D eigenvalue weighted by Gasteiger charge is 2.37. The maximum absolute atomic E-state index is 5.56. The lowest BCUT2D eigenvalue weighted by Gasteiger charge is -2.21. The predicted octanol–water partition coefficient (Wildman–Crippen LogP) is 2.50. The Balaban J connectivity index is 1.62. The van der Waals surface area contributed by atoms with Gasteiger partial charge in [0.15, 0.2) is 0 Å². The Hall–Kier alpha value is 0.310. The molecule has 2 unspecified atom stereocenters.